The number of nitrogen functional groups attached to an aromatic ring is 1. The average molecular weight is 260 g/mol. The minimum atomic E-state index is 0.422. The summed E-state index contributed by atoms with van der Waals surface area (Å²) in [7, 11) is 2.16. The molecule has 1 aliphatic heterocycles. The van der Waals surface area contributed by atoms with Crippen LogP contribution < -0.4 is 11.1 Å². The molecule has 6 nitrogen and oxygen atoms in total. The highest BCUT2D eigenvalue weighted by Gasteiger charge is 2.25. The van der Waals surface area contributed by atoms with Crippen LogP contribution in [0, 0.1) is 5.92 Å². The Morgan fingerprint density at radius 1 is 1.47 bits per heavy atom. The Kier molecular flexibility index (Phi) is 3.02. The van der Waals surface area contributed by atoms with Crippen molar-refractivity contribution in [2.75, 3.05) is 31.2 Å². The van der Waals surface area contributed by atoms with Crippen molar-refractivity contribution in [1.82, 2.24) is 19.3 Å². The van der Waals surface area contributed by atoms with E-state index in [0.717, 1.165) is 31.0 Å². The first-order valence-corrected chi connectivity index (χ1v) is 6.68. The van der Waals surface area contributed by atoms with Crippen LogP contribution in [0.4, 0.5) is 11.6 Å². The summed E-state index contributed by atoms with van der Waals surface area (Å²) < 4.78 is 1.91. The van der Waals surface area contributed by atoms with Gasteiger partial charge in [0.15, 0.2) is 11.5 Å². The van der Waals surface area contributed by atoms with E-state index in [0.29, 0.717) is 17.8 Å². The van der Waals surface area contributed by atoms with E-state index in [-0.39, 0.29) is 0 Å². The average Bonchev–Trinajstić information content (AvgIpc) is 2.80. The van der Waals surface area contributed by atoms with E-state index in [9.17, 15) is 0 Å². The highest BCUT2D eigenvalue weighted by molar-refractivity contribution is 5.65. The van der Waals surface area contributed by atoms with Gasteiger partial charge in [-0.25, -0.2) is 9.97 Å². The van der Waals surface area contributed by atoms with E-state index in [1.54, 1.807) is 12.4 Å². The molecule has 1 aliphatic rings. The second-order valence-corrected chi connectivity index (χ2v) is 5.45. The van der Waals surface area contributed by atoms with Gasteiger partial charge in [-0.2, -0.15) is 0 Å². The molecule has 2 unspecified atom stereocenters. The lowest BCUT2D eigenvalue weighted by atomic mass is 9.94. The number of imidazole rings is 1. The van der Waals surface area contributed by atoms with Crippen LogP contribution in [0.25, 0.3) is 5.65 Å². The number of hydrogen-bond acceptors (Lipinski definition) is 5. The van der Waals surface area contributed by atoms with Gasteiger partial charge < -0.3 is 20.4 Å². The molecule has 3 heterocycles. The summed E-state index contributed by atoms with van der Waals surface area (Å²) in [5.41, 5.74) is 6.67. The Hall–Kier alpha value is -1.82. The normalized spacial score (nSPS) is 24.7. The predicted octanol–water partition coefficient (Wildman–Crippen LogP) is 1.06. The van der Waals surface area contributed by atoms with Crippen molar-refractivity contribution in [2.45, 2.75) is 19.4 Å². The number of nitrogens with one attached hydrogen (secondary N) is 1. The van der Waals surface area contributed by atoms with Crippen LogP contribution in [0.1, 0.15) is 13.3 Å². The van der Waals surface area contributed by atoms with Gasteiger partial charge >= 0.3 is 0 Å². The Morgan fingerprint density at radius 3 is 3.11 bits per heavy atom. The van der Waals surface area contributed by atoms with E-state index in [4.69, 9.17) is 5.73 Å². The highest BCUT2D eigenvalue weighted by atomic mass is 15.2. The Labute approximate surface area is 112 Å². The smallest absolute Gasteiger partial charge is 0.180 e. The van der Waals surface area contributed by atoms with Gasteiger partial charge in [0.25, 0.3) is 0 Å². The molecular formula is C13H20N6. The molecule has 1 fully saturated rings. The van der Waals surface area contributed by atoms with Crippen LogP contribution in [0.2, 0.25) is 0 Å². The highest BCUT2D eigenvalue weighted by Crippen LogP contribution is 2.22. The van der Waals surface area contributed by atoms with Gasteiger partial charge in [0.05, 0.1) is 6.20 Å². The molecule has 2 aromatic rings. The van der Waals surface area contributed by atoms with E-state index < -0.39 is 0 Å². The quantitative estimate of drug-likeness (QED) is 0.845. The van der Waals surface area contributed by atoms with Gasteiger partial charge in [0.2, 0.25) is 0 Å². The van der Waals surface area contributed by atoms with Crippen LogP contribution in [-0.2, 0) is 0 Å². The first-order chi connectivity index (χ1) is 9.13. The minimum Gasteiger partial charge on any atom is -0.382 e. The third-order valence-corrected chi connectivity index (χ3v) is 3.82. The summed E-state index contributed by atoms with van der Waals surface area (Å²) in [4.78, 5) is 11.1. The first kappa shape index (κ1) is 12.2. The van der Waals surface area contributed by atoms with Gasteiger partial charge in [0, 0.05) is 25.0 Å². The molecule has 19 heavy (non-hydrogen) atoms. The Morgan fingerprint density at radius 2 is 2.32 bits per heavy atom. The lowest BCUT2D eigenvalue weighted by Gasteiger charge is -2.35. The molecule has 0 bridgehead atoms. The number of rotatable bonds is 2. The van der Waals surface area contributed by atoms with Crippen LogP contribution in [0.15, 0.2) is 18.6 Å². The molecule has 0 amide bonds. The summed E-state index contributed by atoms with van der Waals surface area (Å²) in [6, 6.07) is 0.422. The zero-order valence-electron chi connectivity index (χ0n) is 11.4. The molecule has 0 aliphatic carbocycles. The van der Waals surface area contributed by atoms with Gasteiger partial charge in [-0.05, 0) is 25.9 Å². The largest absolute Gasteiger partial charge is 0.382 e. The summed E-state index contributed by atoms with van der Waals surface area (Å²) in [6.45, 7) is 4.47. The number of likely N-dealkylation sites (tertiary alicyclic amines) is 1. The fourth-order valence-corrected chi connectivity index (χ4v) is 2.79. The molecule has 102 valence electrons. The van der Waals surface area contributed by atoms with Crippen LogP contribution in [0.3, 0.4) is 0 Å². The molecule has 6 heteroatoms. The molecule has 2 atom stereocenters. The number of fused-ring (bicyclic) bond motifs is 1. The molecular weight excluding hydrogens is 240 g/mol. The van der Waals surface area contributed by atoms with Crippen molar-refractivity contribution >= 4 is 17.3 Å². The second-order valence-electron chi connectivity index (χ2n) is 5.45. The molecule has 3 N–H and O–H groups in total. The van der Waals surface area contributed by atoms with Gasteiger partial charge in [0.1, 0.15) is 5.82 Å². The van der Waals surface area contributed by atoms with Crippen molar-refractivity contribution in [3.63, 3.8) is 0 Å². The van der Waals surface area contributed by atoms with E-state index in [2.05, 4.69) is 34.2 Å². The van der Waals surface area contributed by atoms with Crippen molar-refractivity contribution in [3.8, 4) is 0 Å². The third kappa shape index (κ3) is 2.35. The summed E-state index contributed by atoms with van der Waals surface area (Å²) in [6.07, 6.45) is 6.54. The van der Waals surface area contributed by atoms with Gasteiger partial charge in [-0.1, -0.05) is 6.92 Å². The van der Waals surface area contributed by atoms with Crippen LogP contribution in [-0.4, -0.2) is 45.4 Å². The summed E-state index contributed by atoms with van der Waals surface area (Å²) in [5, 5.41) is 3.52. The Bertz CT molecular complexity index is 578. The van der Waals surface area contributed by atoms with E-state index >= 15 is 0 Å². The van der Waals surface area contributed by atoms with E-state index in [1.165, 1.54) is 0 Å². The topological polar surface area (TPSA) is 71.5 Å². The summed E-state index contributed by atoms with van der Waals surface area (Å²) in [5.74, 6) is 1.87. The SMILES string of the molecule is CC1CN(C)CCC1Nc1nc(N)cn2ccnc12. The van der Waals surface area contributed by atoms with Crippen LogP contribution >= 0.6 is 0 Å². The van der Waals surface area contributed by atoms with Gasteiger partial charge in [-0.15, -0.1) is 0 Å². The molecule has 0 radical (unpaired) electrons. The predicted molar refractivity (Wildman–Crippen MR) is 76.1 cm³/mol. The van der Waals surface area contributed by atoms with Crippen molar-refractivity contribution < 1.29 is 0 Å². The number of hydrogen-bond donors (Lipinski definition) is 2. The number of anilines is 2. The maximum absolute atomic E-state index is 5.84. The fraction of sp³-hybridized carbons (Fsp3) is 0.538. The maximum atomic E-state index is 5.84. The van der Waals surface area contributed by atoms with Crippen molar-refractivity contribution in [2.24, 2.45) is 5.92 Å². The zero-order valence-corrected chi connectivity index (χ0v) is 11.4. The standard InChI is InChI=1S/C13H20N6/c1-9-7-18(2)5-3-10(9)16-12-13-15-4-6-19(13)8-11(14)17-12/h4,6,8-10H,3,5,7,14H2,1-2H3,(H,16,17). The van der Waals surface area contributed by atoms with Crippen molar-refractivity contribution in [1.29, 1.82) is 0 Å². The molecule has 0 saturated carbocycles. The number of aromatic nitrogens is 3. The van der Waals surface area contributed by atoms with Gasteiger partial charge in [-0.3, -0.25) is 0 Å². The molecule has 0 aromatic carbocycles. The van der Waals surface area contributed by atoms with Crippen molar-refractivity contribution in [3.05, 3.63) is 18.6 Å². The molecule has 3 rings (SSSR count). The molecule has 2 aromatic heterocycles. The molecule has 1 saturated heterocycles. The first-order valence-electron chi connectivity index (χ1n) is 6.68. The lowest BCUT2D eigenvalue weighted by Crippen LogP contribution is -2.43. The van der Waals surface area contributed by atoms with Crippen LogP contribution in [0.5, 0.6) is 0 Å². The monoisotopic (exact) mass is 260 g/mol. The molecule has 0 spiro atoms. The van der Waals surface area contributed by atoms with E-state index in [1.807, 2.05) is 10.6 Å². The number of nitrogens with zero attached hydrogens (tertiary/aromatic N) is 4. The lowest BCUT2D eigenvalue weighted by molar-refractivity contribution is 0.206. The fourth-order valence-electron chi connectivity index (χ4n) is 2.79. The number of nitrogens with two attached hydrogens (primary N) is 1. The zero-order chi connectivity index (χ0) is 13.4. The number of piperidine rings is 1. The maximum Gasteiger partial charge on any atom is 0.180 e. The Balaban J connectivity index is 1.86. The second kappa shape index (κ2) is 4.70. The third-order valence-electron chi connectivity index (χ3n) is 3.82. The summed E-state index contributed by atoms with van der Waals surface area (Å²) >= 11 is 0. The minimum absolute atomic E-state index is 0.422.